The van der Waals surface area contributed by atoms with Crippen molar-refractivity contribution in [3.8, 4) is 11.3 Å². The highest BCUT2D eigenvalue weighted by atomic mass is 32.2. The molecule has 2 aromatic heterocycles. The minimum Gasteiger partial charge on any atom is -0.361 e. The summed E-state index contributed by atoms with van der Waals surface area (Å²) in [5.41, 5.74) is 0.0104. The van der Waals surface area contributed by atoms with E-state index < -0.39 is 16.5 Å². The van der Waals surface area contributed by atoms with E-state index in [0.29, 0.717) is 30.1 Å². The van der Waals surface area contributed by atoms with Crippen LogP contribution in [0.25, 0.3) is 11.3 Å². The smallest absolute Gasteiger partial charge is 0.361 e. The summed E-state index contributed by atoms with van der Waals surface area (Å²) in [5.74, 6) is 0.433. The van der Waals surface area contributed by atoms with Crippen molar-refractivity contribution in [3.63, 3.8) is 0 Å². The molecule has 3 atom stereocenters. The number of pyridine rings is 2. The topological polar surface area (TPSA) is 49.3 Å². The molecule has 198 valence electrons. The van der Waals surface area contributed by atoms with Crippen LogP contribution in [0.3, 0.4) is 0 Å². The van der Waals surface area contributed by atoms with Crippen molar-refractivity contribution in [1.29, 1.82) is 0 Å². The maximum absolute atomic E-state index is 13.8. The van der Waals surface area contributed by atoms with Crippen molar-refractivity contribution >= 4 is 16.7 Å². The zero-order valence-electron chi connectivity index (χ0n) is 21.4. The van der Waals surface area contributed by atoms with Crippen molar-refractivity contribution in [2.75, 3.05) is 11.4 Å². The minimum atomic E-state index is -4.84. The van der Waals surface area contributed by atoms with Gasteiger partial charge in [-0.1, -0.05) is 38.5 Å². The molecular weight excluding hydrogens is 497 g/mol. The molecular formula is C28H33F3N4OS. The average Bonchev–Trinajstić information content (AvgIpc) is 3.03. The van der Waals surface area contributed by atoms with Crippen molar-refractivity contribution in [2.24, 2.45) is 5.92 Å². The van der Waals surface area contributed by atoms with Crippen LogP contribution < -0.4 is 4.90 Å². The van der Waals surface area contributed by atoms with Crippen LogP contribution in [0.1, 0.15) is 49.9 Å². The number of hydrogen-bond acceptors (Lipinski definition) is 4. The fourth-order valence-electron chi connectivity index (χ4n) is 4.82. The lowest BCUT2D eigenvalue weighted by molar-refractivity contribution is -0.0431. The highest BCUT2D eigenvalue weighted by Crippen LogP contribution is 2.39. The molecule has 3 unspecified atom stereocenters. The van der Waals surface area contributed by atoms with Crippen LogP contribution in [0.4, 0.5) is 18.9 Å². The molecule has 37 heavy (non-hydrogen) atoms. The summed E-state index contributed by atoms with van der Waals surface area (Å²) in [4.78, 5) is 11.2. The van der Waals surface area contributed by atoms with Crippen molar-refractivity contribution in [3.05, 3.63) is 77.7 Å². The lowest BCUT2D eigenvalue weighted by Crippen LogP contribution is -2.44. The Bertz CT molecular complexity index is 1220. The number of aryl methyl sites for hydroxylation is 1. The van der Waals surface area contributed by atoms with Gasteiger partial charge in [0.15, 0.2) is 0 Å². The number of alkyl halides is 3. The van der Waals surface area contributed by atoms with Gasteiger partial charge in [-0.2, -0.15) is 13.2 Å². The molecule has 0 amide bonds. The van der Waals surface area contributed by atoms with Gasteiger partial charge in [-0.3, -0.25) is 9.97 Å². The van der Waals surface area contributed by atoms with Crippen LogP contribution in [0.15, 0.2) is 60.9 Å². The molecule has 5 nitrogen and oxygen atoms in total. The Balaban J connectivity index is 1.86. The summed E-state index contributed by atoms with van der Waals surface area (Å²) < 4.78 is 55.1. The zero-order chi connectivity index (χ0) is 26.6. The van der Waals surface area contributed by atoms with E-state index in [1.54, 1.807) is 18.5 Å². The fourth-order valence-corrected chi connectivity index (χ4v) is 5.66. The first-order valence-corrected chi connectivity index (χ1v) is 13.7. The molecule has 1 aliphatic rings. The van der Waals surface area contributed by atoms with Crippen LogP contribution in [-0.2, 0) is 24.1 Å². The van der Waals surface area contributed by atoms with Crippen molar-refractivity contribution < 1.29 is 17.4 Å². The number of rotatable bonds is 8. The summed E-state index contributed by atoms with van der Waals surface area (Å²) in [6, 6.07) is 14.9. The molecule has 9 heteroatoms. The predicted molar refractivity (Wildman–Crippen MR) is 142 cm³/mol. The largest absolute Gasteiger partial charge is 0.485 e. The second kappa shape index (κ2) is 11.7. The minimum absolute atomic E-state index is 0.0324. The van der Waals surface area contributed by atoms with E-state index in [-0.39, 0.29) is 19.1 Å². The average molecular weight is 531 g/mol. The number of fused-ring (bicyclic) bond motifs is 1. The molecule has 0 N–H and O–H groups in total. The summed E-state index contributed by atoms with van der Waals surface area (Å²) in [5, 5.41) is 0. The predicted octanol–water partition coefficient (Wildman–Crippen LogP) is 6.65. The third-order valence-electron chi connectivity index (χ3n) is 7.02. The van der Waals surface area contributed by atoms with Gasteiger partial charge in [0.25, 0.3) is 0 Å². The Morgan fingerprint density at radius 1 is 1.11 bits per heavy atom. The molecule has 0 radical (unpaired) electrons. The normalized spacial score (nSPS) is 18.2. The monoisotopic (exact) mass is 530 g/mol. The quantitative estimate of drug-likeness (QED) is 0.327. The molecule has 1 aliphatic heterocycles. The second-order valence-electron chi connectivity index (χ2n) is 9.73. The van der Waals surface area contributed by atoms with Gasteiger partial charge in [0.05, 0.1) is 17.9 Å². The van der Waals surface area contributed by atoms with Crippen LogP contribution in [0.5, 0.6) is 0 Å². The Morgan fingerprint density at radius 3 is 2.59 bits per heavy atom. The molecule has 4 rings (SSSR count). The number of benzene rings is 1. The van der Waals surface area contributed by atoms with Gasteiger partial charge in [-0.25, -0.2) is 8.51 Å². The Kier molecular flexibility index (Phi) is 8.64. The van der Waals surface area contributed by atoms with Gasteiger partial charge >= 0.3 is 5.51 Å². The Hall–Kier alpha value is -2.78. The van der Waals surface area contributed by atoms with E-state index in [4.69, 9.17) is 0 Å². The van der Waals surface area contributed by atoms with Crippen LogP contribution in [0.2, 0.25) is 0 Å². The molecule has 0 spiro atoms. The first-order valence-electron chi connectivity index (χ1n) is 12.6. The number of aromatic nitrogens is 2. The van der Waals surface area contributed by atoms with E-state index >= 15 is 0 Å². The van der Waals surface area contributed by atoms with Crippen LogP contribution >= 0.6 is 0 Å². The fraction of sp³-hybridized carbons (Fsp3) is 0.429. The first-order chi connectivity index (χ1) is 17.7. The third-order valence-corrected chi connectivity index (χ3v) is 8.16. The molecule has 0 saturated carbocycles. The van der Waals surface area contributed by atoms with Crippen molar-refractivity contribution in [2.45, 2.75) is 64.7 Å². The summed E-state index contributed by atoms with van der Waals surface area (Å²) in [6.07, 6.45) is 5.96. The summed E-state index contributed by atoms with van der Waals surface area (Å²) >= 11 is 0. The highest BCUT2D eigenvalue weighted by Gasteiger charge is 2.44. The molecule has 0 aliphatic carbocycles. The van der Waals surface area contributed by atoms with Crippen LogP contribution in [-0.4, -0.2) is 36.6 Å². The second-order valence-corrected chi connectivity index (χ2v) is 11.2. The van der Waals surface area contributed by atoms with E-state index in [1.807, 2.05) is 49.4 Å². The van der Waals surface area contributed by atoms with Gasteiger partial charge in [-0.15, -0.1) is 0 Å². The summed E-state index contributed by atoms with van der Waals surface area (Å²) in [7, 11) is -3.14. The van der Waals surface area contributed by atoms with Gasteiger partial charge in [0.2, 0.25) is 11.0 Å². The van der Waals surface area contributed by atoms with Gasteiger partial charge in [0.1, 0.15) is 0 Å². The van der Waals surface area contributed by atoms with Crippen LogP contribution in [0, 0.1) is 12.8 Å². The summed E-state index contributed by atoms with van der Waals surface area (Å²) in [6.45, 7) is 6.65. The van der Waals surface area contributed by atoms with E-state index in [0.717, 1.165) is 39.7 Å². The zero-order valence-corrected chi connectivity index (χ0v) is 22.2. The van der Waals surface area contributed by atoms with E-state index in [9.17, 15) is 17.4 Å². The standard InChI is InChI=1S/C28H33F3N4OS/c1-4-20(2)11-12-23-18-34(37(36)28(29,30)31)19-25-24(26-9-5-6-14-33-26)8-7-10-27(25)35(23)17-22-16-21(3)13-15-32-22/h5-10,13-16,20,23H,4,11-12,17-19H2,1-3H3. The molecule has 3 aromatic rings. The first kappa shape index (κ1) is 27.3. The Morgan fingerprint density at radius 2 is 1.92 bits per heavy atom. The molecule has 0 bridgehead atoms. The lowest BCUT2D eigenvalue weighted by Gasteiger charge is -2.34. The van der Waals surface area contributed by atoms with Gasteiger partial charge in [-0.05, 0) is 67.1 Å². The number of hydrogen-bond donors (Lipinski definition) is 0. The SMILES string of the molecule is CCC(C)CCC1CN(S(=O)C(F)(F)F)Cc2c(-c3ccccn3)cccc2N1Cc1cc(C)ccn1. The van der Waals surface area contributed by atoms with Crippen molar-refractivity contribution in [1.82, 2.24) is 14.3 Å². The third kappa shape index (κ3) is 6.57. The van der Waals surface area contributed by atoms with E-state index in [1.165, 1.54) is 0 Å². The maximum atomic E-state index is 13.8. The van der Waals surface area contributed by atoms with Gasteiger partial charge in [0, 0.05) is 42.8 Å². The van der Waals surface area contributed by atoms with E-state index in [2.05, 4.69) is 28.7 Å². The number of anilines is 1. The van der Waals surface area contributed by atoms with Gasteiger partial charge < -0.3 is 4.90 Å². The Labute approximate surface area is 219 Å². The maximum Gasteiger partial charge on any atom is 0.485 e. The molecule has 0 saturated heterocycles. The number of halogens is 3. The highest BCUT2D eigenvalue weighted by molar-refractivity contribution is 7.83. The molecule has 1 aromatic carbocycles. The molecule has 0 fully saturated rings. The molecule has 3 heterocycles. The number of nitrogens with zero attached hydrogens (tertiary/aromatic N) is 4. The lowest BCUT2D eigenvalue weighted by atomic mass is 9.97.